The average Bonchev–Trinajstić information content (AvgIpc) is 2.95. The van der Waals surface area contributed by atoms with Gasteiger partial charge in [-0.1, -0.05) is 12.6 Å². The second-order valence-electron chi connectivity index (χ2n) is 9.23. The number of likely N-dealkylation sites (N-methyl/N-ethyl adjacent to an activating group) is 1. The summed E-state index contributed by atoms with van der Waals surface area (Å²) in [6.45, 7) is 6.23. The summed E-state index contributed by atoms with van der Waals surface area (Å²) in [5, 5.41) is 6.23. The number of hydrogen-bond acceptors (Lipinski definition) is 7. The zero-order valence-corrected chi connectivity index (χ0v) is 21.6. The van der Waals surface area contributed by atoms with Crippen molar-refractivity contribution in [3.63, 3.8) is 0 Å². The van der Waals surface area contributed by atoms with Crippen LogP contribution >= 0.6 is 0 Å². The summed E-state index contributed by atoms with van der Waals surface area (Å²) in [5.74, 6) is -0.564. The highest BCUT2D eigenvalue weighted by molar-refractivity contribution is 5.94. The fourth-order valence-electron chi connectivity index (χ4n) is 4.25. The van der Waals surface area contributed by atoms with Crippen LogP contribution in [0.15, 0.2) is 67.6 Å². The van der Waals surface area contributed by atoms with Crippen molar-refractivity contribution in [3.8, 4) is 11.3 Å². The van der Waals surface area contributed by atoms with Gasteiger partial charge in [-0.25, -0.2) is 9.97 Å². The van der Waals surface area contributed by atoms with Gasteiger partial charge in [0.15, 0.2) is 0 Å². The lowest BCUT2D eigenvalue weighted by molar-refractivity contribution is -0.139. The molecule has 1 aromatic carbocycles. The lowest BCUT2D eigenvalue weighted by Crippen LogP contribution is -2.47. The molecule has 0 aliphatic carbocycles. The van der Waals surface area contributed by atoms with Crippen molar-refractivity contribution >= 4 is 35.0 Å². The number of anilines is 3. The summed E-state index contributed by atoms with van der Waals surface area (Å²) < 4.78 is 0. The Bertz CT molecular complexity index is 1330. The van der Waals surface area contributed by atoms with Crippen LogP contribution in [0.5, 0.6) is 0 Å². The molecule has 1 atom stereocenters. The molecule has 1 unspecified atom stereocenters. The Hall–Kier alpha value is -4.60. The minimum atomic E-state index is -0.342. The maximum Gasteiger partial charge on any atom is 0.246 e. The normalized spacial score (nSPS) is 14.9. The molecule has 10 nitrogen and oxygen atoms in total. The van der Waals surface area contributed by atoms with E-state index < -0.39 is 0 Å². The minimum absolute atomic E-state index is 0.0454. The molecule has 4 rings (SSSR count). The first-order valence-electron chi connectivity index (χ1n) is 12.4. The van der Waals surface area contributed by atoms with E-state index in [0.717, 1.165) is 22.5 Å². The number of carbonyl (C=O) groups excluding carboxylic acids is 3. The van der Waals surface area contributed by atoms with Crippen LogP contribution in [0.4, 0.5) is 17.3 Å². The molecule has 1 aliphatic rings. The van der Waals surface area contributed by atoms with Gasteiger partial charge in [0.05, 0.1) is 18.2 Å². The highest BCUT2D eigenvalue weighted by atomic mass is 16.2. The van der Waals surface area contributed by atoms with Crippen LogP contribution in [0.2, 0.25) is 0 Å². The highest BCUT2D eigenvalue weighted by Gasteiger charge is 2.29. The van der Waals surface area contributed by atoms with Crippen molar-refractivity contribution in [1.29, 1.82) is 0 Å². The molecular weight excluding hydrogens is 482 g/mol. The molecule has 1 aliphatic heterocycles. The Balaban J connectivity index is 1.40. The average molecular weight is 514 g/mol. The number of aryl methyl sites for hydroxylation is 1. The van der Waals surface area contributed by atoms with Gasteiger partial charge in [-0.05, 0) is 61.7 Å². The molecule has 196 valence electrons. The van der Waals surface area contributed by atoms with Gasteiger partial charge in [0.1, 0.15) is 0 Å². The first kappa shape index (κ1) is 26.5. The van der Waals surface area contributed by atoms with Crippen molar-refractivity contribution in [2.45, 2.75) is 19.8 Å². The van der Waals surface area contributed by atoms with E-state index in [2.05, 4.69) is 32.2 Å². The van der Waals surface area contributed by atoms with Gasteiger partial charge in [-0.3, -0.25) is 19.4 Å². The van der Waals surface area contributed by atoms with Crippen LogP contribution < -0.4 is 10.6 Å². The van der Waals surface area contributed by atoms with Crippen molar-refractivity contribution in [1.82, 2.24) is 24.8 Å². The zero-order chi connectivity index (χ0) is 27.1. The minimum Gasteiger partial charge on any atom is -0.340 e. The first-order chi connectivity index (χ1) is 18.3. The van der Waals surface area contributed by atoms with Crippen molar-refractivity contribution in [3.05, 3.63) is 73.2 Å². The molecule has 3 heterocycles. The summed E-state index contributed by atoms with van der Waals surface area (Å²) in [6.07, 6.45) is 7.71. The molecule has 0 spiro atoms. The SMILES string of the molecule is C=CC(=O)N(C)CC(=O)N1CCCC(C(=O)Nc2ccc(C)c(Nc3nccc(-c4cccnc4)n3)c2)C1. The Morgan fingerprint density at radius 2 is 2.05 bits per heavy atom. The molecule has 1 fully saturated rings. The number of aromatic nitrogens is 3. The van der Waals surface area contributed by atoms with Gasteiger partial charge < -0.3 is 20.4 Å². The lowest BCUT2D eigenvalue weighted by Gasteiger charge is -2.33. The van der Waals surface area contributed by atoms with Crippen LogP contribution in [0.3, 0.4) is 0 Å². The Morgan fingerprint density at radius 3 is 2.82 bits per heavy atom. The van der Waals surface area contributed by atoms with Crippen LogP contribution in [-0.4, -0.2) is 69.2 Å². The lowest BCUT2D eigenvalue weighted by atomic mass is 9.97. The van der Waals surface area contributed by atoms with Crippen molar-refractivity contribution in [2.24, 2.45) is 5.92 Å². The molecule has 2 N–H and O–H groups in total. The van der Waals surface area contributed by atoms with Gasteiger partial charge in [0.25, 0.3) is 0 Å². The van der Waals surface area contributed by atoms with E-state index in [4.69, 9.17) is 0 Å². The molecule has 38 heavy (non-hydrogen) atoms. The predicted octanol–water partition coefficient (Wildman–Crippen LogP) is 3.41. The number of piperidine rings is 1. The van der Waals surface area contributed by atoms with Gasteiger partial charge in [0, 0.05) is 55.7 Å². The number of nitrogens with zero attached hydrogens (tertiary/aromatic N) is 5. The molecule has 10 heteroatoms. The smallest absolute Gasteiger partial charge is 0.246 e. The van der Waals surface area contributed by atoms with Crippen LogP contribution in [0.1, 0.15) is 18.4 Å². The second kappa shape index (κ2) is 12.1. The van der Waals surface area contributed by atoms with E-state index in [0.29, 0.717) is 37.6 Å². The Kier molecular flexibility index (Phi) is 8.42. The van der Waals surface area contributed by atoms with E-state index in [9.17, 15) is 14.4 Å². The predicted molar refractivity (Wildman–Crippen MR) is 145 cm³/mol. The van der Waals surface area contributed by atoms with E-state index >= 15 is 0 Å². The number of carbonyl (C=O) groups is 3. The maximum atomic E-state index is 13.1. The number of benzene rings is 1. The molecular formula is C28H31N7O3. The second-order valence-corrected chi connectivity index (χ2v) is 9.23. The fourth-order valence-corrected chi connectivity index (χ4v) is 4.25. The number of nitrogens with one attached hydrogen (secondary N) is 2. The van der Waals surface area contributed by atoms with Gasteiger partial charge in [0.2, 0.25) is 23.7 Å². The topological polar surface area (TPSA) is 120 Å². The highest BCUT2D eigenvalue weighted by Crippen LogP contribution is 2.25. The van der Waals surface area contributed by atoms with Crippen LogP contribution in [0.25, 0.3) is 11.3 Å². The number of pyridine rings is 1. The summed E-state index contributed by atoms with van der Waals surface area (Å²) >= 11 is 0. The summed E-state index contributed by atoms with van der Waals surface area (Å²) in [7, 11) is 1.55. The third-order valence-corrected chi connectivity index (χ3v) is 6.43. The van der Waals surface area contributed by atoms with E-state index in [-0.39, 0.29) is 30.2 Å². The van der Waals surface area contributed by atoms with Crippen LogP contribution in [0, 0.1) is 12.8 Å². The third kappa shape index (κ3) is 6.58. The Labute approximate surface area is 221 Å². The number of rotatable bonds is 8. The summed E-state index contributed by atoms with van der Waals surface area (Å²) in [5.41, 5.74) is 3.99. The van der Waals surface area contributed by atoms with Gasteiger partial charge in [-0.15, -0.1) is 0 Å². The van der Waals surface area contributed by atoms with Gasteiger partial charge >= 0.3 is 0 Å². The Morgan fingerprint density at radius 1 is 1.21 bits per heavy atom. The summed E-state index contributed by atoms with van der Waals surface area (Å²) in [4.78, 5) is 53.5. The molecule has 0 radical (unpaired) electrons. The van der Waals surface area contributed by atoms with Crippen molar-refractivity contribution in [2.75, 3.05) is 37.3 Å². The summed E-state index contributed by atoms with van der Waals surface area (Å²) in [6, 6.07) is 11.2. The molecule has 0 saturated carbocycles. The molecule has 0 bridgehead atoms. The van der Waals surface area contributed by atoms with Crippen LogP contribution in [-0.2, 0) is 14.4 Å². The molecule has 2 aromatic heterocycles. The number of hydrogen-bond donors (Lipinski definition) is 2. The van der Waals surface area contributed by atoms with E-state index in [1.807, 2.05) is 43.3 Å². The fraction of sp³-hybridized carbons (Fsp3) is 0.286. The number of likely N-dealkylation sites (tertiary alicyclic amines) is 1. The molecule has 1 saturated heterocycles. The van der Waals surface area contributed by atoms with Crippen molar-refractivity contribution < 1.29 is 14.4 Å². The van der Waals surface area contributed by atoms with E-state index in [1.54, 1.807) is 30.5 Å². The largest absolute Gasteiger partial charge is 0.340 e. The van der Waals surface area contributed by atoms with E-state index in [1.165, 1.54) is 11.0 Å². The molecule has 3 aromatic rings. The van der Waals surface area contributed by atoms with Gasteiger partial charge in [-0.2, -0.15) is 0 Å². The first-order valence-corrected chi connectivity index (χ1v) is 12.4. The standard InChI is InChI=1S/C28H31N7O3/c1-4-25(36)34(3)18-26(37)35-14-6-8-21(17-35)27(38)31-22-10-9-19(2)24(15-22)33-28-30-13-11-23(32-28)20-7-5-12-29-16-20/h4-5,7,9-13,15-16,21H,1,6,8,14,17-18H2,2-3H3,(H,31,38)(H,30,32,33). The third-order valence-electron chi connectivity index (χ3n) is 6.43. The maximum absolute atomic E-state index is 13.1. The zero-order valence-electron chi connectivity index (χ0n) is 21.6. The monoisotopic (exact) mass is 513 g/mol. The quantitative estimate of drug-likeness (QED) is 0.443. The number of amides is 3. The molecule has 3 amide bonds.